The van der Waals surface area contributed by atoms with Gasteiger partial charge in [0, 0.05) is 5.38 Å². The van der Waals surface area contributed by atoms with Crippen LogP contribution in [0, 0.1) is 13.8 Å². The first-order valence-electron chi connectivity index (χ1n) is 9.33. The van der Waals surface area contributed by atoms with Crippen molar-refractivity contribution in [2.45, 2.75) is 33.6 Å². The molecule has 2 aromatic heterocycles. The first kappa shape index (κ1) is 21.5. The van der Waals surface area contributed by atoms with Crippen LogP contribution in [0.15, 0.2) is 26.7 Å². The van der Waals surface area contributed by atoms with Gasteiger partial charge in [-0.2, -0.15) is 0 Å². The molecule has 0 saturated heterocycles. The minimum Gasteiger partial charge on any atom is -0.496 e. The standard InChI is InChI=1S/C21H22N2O6S/c1-5-28-18(25)8-13-10-30-21(22-13)23-17(24)9-14-12(3)19-15(27-4)6-11(2)7-16(19)29-20(14)26/h6-7,10H,5,8-9H2,1-4H3,(H,22,23,24). The quantitative estimate of drug-likeness (QED) is 0.453. The number of benzene rings is 1. The summed E-state index contributed by atoms with van der Waals surface area (Å²) < 4.78 is 15.8. The molecule has 1 aromatic carbocycles. The minimum absolute atomic E-state index is 0.0345. The number of carbonyl (C=O) groups is 2. The van der Waals surface area contributed by atoms with Crippen LogP contribution in [0.4, 0.5) is 5.13 Å². The maximum absolute atomic E-state index is 12.5. The summed E-state index contributed by atoms with van der Waals surface area (Å²) in [4.78, 5) is 40.8. The molecule has 0 radical (unpaired) electrons. The smallest absolute Gasteiger partial charge is 0.340 e. The molecule has 8 nitrogen and oxygen atoms in total. The molecule has 0 unspecified atom stereocenters. The summed E-state index contributed by atoms with van der Waals surface area (Å²) in [6.45, 7) is 5.67. The van der Waals surface area contributed by atoms with Crippen molar-refractivity contribution < 1.29 is 23.5 Å². The van der Waals surface area contributed by atoms with Crippen LogP contribution in [0.5, 0.6) is 5.75 Å². The summed E-state index contributed by atoms with van der Waals surface area (Å²) in [6.07, 6.45) is -0.138. The Morgan fingerprint density at radius 2 is 2.00 bits per heavy atom. The number of nitrogens with zero attached hydrogens (tertiary/aromatic N) is 1. The fraction of sp³-hybridized carbons (Fsp3) is 0.333. The van der Waals surface area contributed by atoms with Gasteiger partial charge in [0.2, 0.25) is 5.91 Å². The van der Waals surface area contributed by atoms with Crippen LogP contribution < -0.4 is 15.7 Å². The molecule has 158 valence electrons. The number of ether oxygens (including phenoxy) is 2. The number of rotatable bonds is 7. The maximum atomic E-state index is 12.5. The van der Waals surface area contributed by atoms with Crippen molar-refractivity contribution in [1.29, 1.82) is 0 Å². The zero-order chi connectivity index (χ0) is 21.8. The second-order valence-electron chi connectivity index (χ2n) is 6.68. The lowest BCUT2D eigenvalue weighted by atomic mass is 10.0. The third-order valence-electron chi connectivity index (χ3n) is 4.47. The highest BCUT2D eigenvalue weighted by molar-refractivity contribution is 7.13. The third kappa shape index (κ3) is 4.68. The molecular weight excluding hydrogens is 408 g/mol. The van der Waals surface area contributed by atoms with E-state index in [1.165, 1.54) is 11.3 Å². The topological polar surface area (TPSA) is 108 Å². The first-order valence-corrected chi connectivity index (χ1v) is 10.2. The molecule has 2 heterocycles. The molecular formula is C21H22N2O6S. The van der Waals surface area contributed by atoms with Crippen LogP contribution >= 0.6 is 11.3 Å². The zero-order valence-corrected chi connectivity index (χ0v) is 18.0. The van der Waals surface area contributed by atoms with Crippen molar-refractivity contribution in [2.24, 2.45) is 0 Å². The molecule has 0 spiro atoms. The van der Waals surface area contributed by atoms with Crippen molar-refractivity contribution in [2.75, 3.05) is 19.0 Å². The normalized spacial score (nSPS) is 10.8. The fourth-order valence-electron chi connectivity index (χ4n) is 3.13. The second-order valence-corrected chi connectivity index (χ2v) is 7.54. The Bertz CT molecular complexity index is 1160. The number of carbonyl (C=O) groups excluding carboxylic acids is 2. The van der Waals surface area contributed by atoms with Crippen LogP contribution in [0.1, 0.15) is 29.3 Å². The number of hydrogen-bond acceptors (Lipinski definition) is 8. The largest absolute Gasteiger partial charge is 0.496 e. The Balaban J connectivity index is 1.80. The number of methoxy groups -OCH3 is 1. The number of amides is 1. The number of nitrogens with one attached hydrogen (secondary N) is 1. The first-order chi connectivity index (χ1) is 14.3. The van der Waals surface area contributed by atoms with Gasteiger partial charge < -0.3 is 19.2 Å². The molecule has 9 heteroatoms. The van der Waals surface area contributed by atoms with Gasteiger partial charge >= 0.3 is 11.6 Å². The Hall–Kier alpha value is -3.20. The van der Waals surface area contributed by atoms with Gasteiger partial charge in [-0.25, -0.2) is 9.78 Å². The van der Waals surface area contributed by atoms with Gasteiger partial charge in [0.15, 0.2) is 5.13 Å². The highest BCUT2D eigenvalue weighted by Gasteiger charge is 2.19. The van der Waals surface area contributed by atoms with Crippen LogP contribution in [-0.4, -0.2) is 30.6 Å². The summed E-state index contributed by atoms with van der Waals surface area (Å²) in [7, 11) is 1.54. The molecule has 0 atom stereocenters. The Morgan fingerprint density at radius 1 is 1.23 bits per heavy atom. The molecule has 0 aliphatic rings. The summed E-state index contributed by atoms with van der Waals surface area (Å²) in [6, 6.07) is 3.61. The average Bonchev–Trinajstić information content (AvgIpc) is 3.10. The Labute approximate surface area is 176 Å². The molecule has 0 aliphatic carbocycles. The van der Waals surface area contributed by atoms with Crippen molar-refractivity contribution in [1.82, 2.24) is 4.98 Å². The molecule has 30 heavy (non-hydrogen) atoms. The lowest BCUT2D eigenvalue weighted by Crippen LogP contribution is -2.20. The van der Waals surface area contributed by atoms with E-state index in [9.17, 15) is 14.4 Å². The second kappa shape index (κ2) is 9.08. The minimum atomic E-state index is -0.565. The van der Waals surface area contributed by atoms with E-state index in [2.05, 4.69) is 10.3 Å². The van der Waals surface area contributed by atoms with Crippen molar-refractivity contribution in [3.8, 4) is 5.75 Å². The summed E-state index contributed by atoms with van der Waals surface area (Å²) >= 11 is 1.19. The monoisotopic (exact) mass is 430 g/mol. The predicted octanol–water partition coefficient (Wildman–Crippen LogP) is 3.16. The van der Waals surface area contributed by atoms with E-state index in [-0.39, 0.29) is 24.4 Å². The molecule has 0 fully saturated rings. The van der Waals surface area contributed by atoms with Gasteiger partial charge in [-0.05, 0) is 44.0 Å². The highest BCUT2D eigenvalue weighted by atomic mass is 32.1. The molecule has 1 amide bonds. The Morgan fingerprint density at radius 3 is 2.70 bits per heavy atom. The fourth-order valence-corrected chi connectivity index (χ4v) is 3.86. The van der Waals surface area contributed by atoms with E-state index in [0.29, 0.717) is 39.7 Å². The molecule has 0 saturated carbocycles. The van der Waals surface area contributed by atoms with Gasteiger partial charge in [0.25, 0.3) is 0 Å². The van der Waals surface area contributed by atoms with E-state index in [0.717, 1.165) is 5.56 Å². The van der Waals surface area contributed by atoms with Crippen molar-refractivity contribution in [3.05, 3.63) is 50.3 Å². The van der Waals surface area contributed by atoms with Gasteiger partial charge in [-0.3, -0.25) is 9.59 Å². The third-order valence-corrected chi connectivity index (χ3v) is 5.28. The van der Waals surface area contributed by atoms with Gasteiger partial charge in [0.05, 0.1) is 43.2 Å². The molecule has 0 aliphatic heterocycles. The lowest BCUT2D eigenvalue weighted by molar-refractivity contribution is -0.142. The van der Waals surface area contributed by atoms with Crippen LogP contribution in [0.2, 0.25) is 0 Å². The molecule has 3 rings (SSSR count). The Kier molecular flexibility index (Phi) is 6.51. The van der Waals surface area contributed by atoms with Crippen LogP contribution in [-0.2, 0) is 27.2 Å². The number of anilines is 1. The van der Waals surface area contributed by atoms with Gasteiger partial charge in [-0.15, -0.1) is 11.3 Å². The SMILES string of the molecule is CCOC(=O)Cc1csc(NC(=O)Cc2c(C)c3c(OC)cc(C)cc3oc2=O)n1. The van der Waals surface area contributed by atoms with E-state index in [1.54, 1.807) is 32.4 Å². The molecule has 3 aromatic rings. The number of fused-ring (bicyclic) bond motifs is 1. The number of hydrogen-bond donors (Lipinski definition) is 1. The molecule has 0 bridgehead atoms. The predicted molar refractivity (Wildman–Crippen MR) is 113 cm³/mol. The highest BCUT2D eigenvalue weighted by Crippen LogP contribution is 2.31. The van der Waals surface area contributed by atoms with E-state index < -0.39 is 11.5 Å². The molecule has 1 N–H and O–H groups in total. The van der Waals surface area contributed by atoms with Crippen LogP contribution in [0.25, 0.3) is 11.0 Å². The van der Waals surface area contributed by atoms with E-state index >= 15 is 0 Å². The summed E-state index contributed by atoms with van der Waals surface area (Å²) in [5.74, 6) is -0.210. The summed E-state index contributed by atoms with van der Waals surface area (Å²) in [5, 5.41) is 5.34. The zero-order valence-electron chi connectivity index (χ0n) is 17.2. The lowest BCUT2D eigenvalue weighted by Gasteiger charge is -2.11. The van der Waals surface area contributed by atoms with Crippen LogP contribution in [0.3, 0.4) is 0 Å². The van der Waals surface area contributed by atoms with Crippen molar-refractivity contribution >= 4 is 39.3 Å². The summed E-state index contributed by atoms with van der Waals surface area (Å²) in [5.41, 5.74) is 2.15. The number of thiazole rings is 1. The van der Waals surface area contributed by atoms with Gasteiger partial charge in [-0.1, -0.05) is 0 Å². The van der Waals surface area contributed by atoms with Gasteiger partial charge in [0.1, 0.15) is 11.3 Å². The number of aryl methyl sites for hydroxylation is 2. The number of esters is 1. The van der Waals surface area contributed by atoms with Crippen molar-refractivity contribution in [3.63, 3.8) is 0 Å². The average molecular weight is 430 g/mol. The maximum Gasteiger partial charge on any atom is 0.340 e. The van der Waals surface area contributed by atoms with E-state index in [1.807, 2.05) is 13.0 Å². The number of aromatic nitrogens is 1. The van der Waals surface area contributed by atoms with E-state index in [4.69, 9.17) is 13.9 Å².